The minimum atomic E-state index is -0.373. The Bertz CT molecular complexity index is 913. The fourth-order valence-electron chi connectivity index (χ4n) is 2.50. The summed E-state index contributed by atoms with van der Waals surface area (Å²) in [5.74, 6) is -0.164. The third kappa shape index (κ3) is 3.32. The maximum atomic E-state index is 12.2. The van der Waals surface area contributed by atoms with E-state index in [0.29, 0.717) is 22.7 Å². The number of nitrogens with one attached hydrogen (secondary N) is 1. The highest BCUT2D eigenvalue weighted by atomic mass is 32.1. The number of aryl methyl sites for hydroxylation is 2. The van der Waals surface area contributed by atoms with Crippen molar-refractivity contribution >= 4 is 33.3 Å². The quantitative estimate of drug-likeness (QED) is 0.745. The molecule has 0 saturated heterocycles. The van der Waals surface area contributed by atoms with Crippen LogP contribution in [-0.4, -0.2) is 10.9 Å². The third-order valence-corrected chi connectivity index (χ3v) is 4.41. The van der Waals surface area contributed by atoms with E-state index in [2.05, 4.69) is 10.3 Å². The smallest absolute Gasteiger partial charge is 0.339 e. The molecular weight excluding hydrogens is 312 g/mol. The Balaban J connectivity index is 1.81. The highest BCUT2D eigenvalue weighted by Gasteiger charge is 2.13. The largest absolute Gasteiger partial charge is 0.423 e. The normalized spacial score (nSPS) is 10.9. The fourth-order valence-corrected chi connectivity index (χ4v) is 3.04. The number of carbonyl (C=O) groups excluding carboxylic acids is 1. The third-order valence-electron chi connectivity index (χ3n) is 3.72. The molecule has 5 nitrogen and oxygen atoms in total. The maximum absolute atomic E-state index is 12.2. The molecule has 0 spiro atoms. The van der Waals surface area contributed by atoms with Crippen LogP contribution < -0.4 is 10.9 Å². The topological polar surface area (TPSA) is 72.2 Å². The summed E-state index contributed by atoms with van der Waals surface area (Å²) in [4.78, 5) is 28.1. The summed E-state index contributed by atoms with van der Waals surface area (Å²) in [5, 5.41) is 5.97. The van der Waals surface area contributed by atoms with Gasteiger partial charge >= 0.3 is 5.63 Å². The molecule has 0 fully saturated rings. The Hall–Kier alpha value is -2.47. The molecule has 0 aliphatic carbocycles. The minimum Gasteiger partial charge on any atom is -0.423 e. The van der Waals surface area contributed by atoms with Gasteiger partial charge in [-0.25, -0.2) is 9.78 Å². The van der Waals surface area contributed by atoms with Gasteiger partial charge in [0.1, 0.15) is 5.58 Å². The Morgan fingerprint density at radius 3 is 2.91 bits per heavy atom. The zero-order valence-corrected chi connectivity index (χ0v) is 13.7. The lowest BCUT2D eigenvalue weighted by molar-refractivity contribution is -0.116. The van der Waals surface area contributed by atoms with Gasteiger partial charge in [0.15, 0.2) is 5.13 Å². The van der Waals surface area contributed by atoms with Crippen molar-refractivity contribution in [3.8, 4) is 0 Å². The zero-order valence-electron chi connectivity index (χ0n) is 12.9. The summed E-state index contributed by atoms with van der Waals surface area (Å²) in [5.41, 5.74) is 2.68. The van der Waals surface area contributed by atoms with Crippen molar-refractivity contribution < 1.29 is 9.21 Å². The van der Waals surface area contributed by atoms with E-state index in [4.69, 9.17) is 4.42 Å². The molecule has 1 aromatic carbocycles. The van der Waals surface area contributed by atoms with E-state index >= 15 is 0 Å². The van der Waals surface area contributed by atoms with E-state index in [9.17, 15) is 9.59 Å². The van der Waals surface area contributed by atoms with Crippen LogP contribution in [0, 0.1) is 13.8 Å². The number of aromatic nitrogens is 1. The first-order valence-corrected chi connectivity index (χ1v) is 8.15. The maximum Gasteiger partial charge on any atom is 0.339 e. The summed E-state index contributed by atoms with van der Waals surface area (Å²) < 4.78 is 5.40. The molecule has 6 heteroatoms. The summed E-state index contributed by atoms with van der Waals surface area (Å²) >= 11 is 1.36. The van der Waals surface area contributed by atoms with E-state index in [1.807, 2.05) is 32.0 Å². The number of thiazole rings is 1. The van der Waals surface area contributed by atoms with Gasteiger partial charge in [0.05, 0.1) is 0 Å². The van der Waals surface area contributed by atoms with Crippen LogP contribution >= 0.6 is 11.3 Å². The van der Waals surface area contributed by atoms with Crippen LogP contribution in [0.2, 0.25) is 0 Å². The number of rotatable bonds is 4. The van der Waals surface area contributed by atoms with Crippen LogP contribution in [0.3, 0.4) is 0 Å². The van der Waals surface area contributed by atoms with Gasteiger partial charge in [0.2, 0.25) is 5.91 Å². The first-order valence-electron chi connectivity index (χ1n) is 7.27. The van der Waals surface area contributed by atoms with Crippen LogP contribution in [0.4, 0.5) is 5.13 Å². The van der Waals surface area contributed by atoms with Crippen molar-refractivity contribution in [2.45, 2.75) is 26.7 Å². The number of amides is 1. The van der Waals surface area contributed by atoms with Crippen LogP contribution in [0.1, 0.15) is 23.1 Å². The lowest BCUT2D eigenvalue weighted by Crippen LogP contribution is -2.16. The molecule has 2 heterocycles. The molecule has 118 valence electrons. The molecule has 0 aliphatic heterocycles. The molecule has 0 saturated carbocycles. The summed E-state index contributed by atoms with van der Waals surface area (Å²) in [7, 11) is 0. The van der Waals surface area contributed by atoms with Crippen LogP contribution in [0.5, 0.6) is 0 Å². The second-order valence-electron chi connectivity index (χ2n) is 5.38. The summed E-state index contributed by atoms with van der Waals surface area (Å²) in [6.07, 6.45) is 2.18. The van der Waals surface area contributed by atoms with Crippen molar-refractivity contribution in [1.82, 2.24) is 4.98 Å². The fraction of sp³-hybridized carbons (Fsp3) is 0.235. The Kier molecular flexibility index (Phi) is 4.25. The van der Waals surface area contributed by atoms with Crippen molar-refractivity contribution in [3.05, 3.63) is 56.9 Å². The predicted molar refractivity (Wildman–Crippen MR) is 91.0 cm³/mol. The monoisotopic (exact) mass is 328 g/mol. The van der Waals surface area contributed by atoms with E-state index in [1.165, 1.54) is 11.3 Å². The lowest BCUT2D eigenvalue weighted by Gasteiger charge is -2.08. The number of anilines is 1. The van der Waals surface area contributed by atoms with E-state index in [-0.39, 0.29) is 18.0 Å². The Labute approximate surface area is 137 Å². The predicted octanol–water partition coefficient (Wildman–Crippen LogP) is 3.44. The van der Waals surface area contributed by atoms with Gasteiger partial charge in [0, 0.05) is 28.9 Å². The molecule has 0 atom stereocenters. The van der Waals surface area contributed by atoms with Gasteiger partial charge in [-0.2, -0.15) is 0 Å². The number of benzene rings is 1. The zero-order chi connectivity index (χ0) is 16.4. The van der Waals surface area contributed by atoms with Crippen molar-refractivity contribution in [2.75, 3.05) is 5.32 Å². The second kappa shape index (κ2) is 6.34. The molecule has 2 aromatic heterocycles. The van der Waals surface area contributed by atoms with E-state index in [0.717, 1.165) is 16.5 Å². The molecule has 1 N–H and O–H groups in total. The first-order chi connectivity index (χ1) is 11.0. The lowest BCUT2D eigenvalue weighted by atomic mass is 10.0. The molecular formula is C17H16N2O3S. The molecule has 1 amide bonds. The summed E-state index contributed by atoms with van der Waals surface area (Å²) in [6.45, 7) is 3.84. The van der Waals surface area contributed by atoms with Crippen LogP contribution in [-0.2, 0) is 11.2 Å². The molecule has 23 heavy (non-hydrogen) atoms. The summed E-state index contributed by atoms with van der Waals surface area (Å²) in [6, 6.07) is 5.78. The standard InChI is InChI=1S/C17H16N2O3S/c1-10-3-4-12-11(2)13(16(21)22-14(12)9-10)5-6-15(20)19-17-18-7-8-23-17/h3-4,7-9H,5-6H2,1-2H3,(H,18,19,20). The van der Waals surface area contributed by atoms with E-state index in [1.54, 1.807) is 11.6 Å². The average molecular weight is 328 g/mol. The molecule has 0 unspecified atom stereocenters. The minimum absolute atomic E-state index is 0.164. The number of nitrogens with zero attached hydrogens (tertiary/aromatic N) is 1. The van der Waals surface area contributed by atoms with Crippen molar-refractivity contribution in [1.29, 1.82) is 0 Å². The van der Waals surface area contributed by atoms with Crippen molar-refractivity contribution in [2.24, 2.45) is 0 Å². The molecule has 0 bridgehead atoms. The number of fused-ring (bicyclic) bond motifs is 1. The average Bonchev–Trinajstić information content (AvgIpc) is 2.99. The van der Waals surface area contributed by atoms with Crippen LogP contribution in [0.15, 0.2) is 39.0 Å². The van der Waals surface area contributed by atoms with E-state index < -0.39 is 0 Å². The van der Waals surface area contributed by atoms with Crippen molar-refractivity contribution in [3.63, 3.8) is 0 Å². The molecule has 0 radical (unpaired) electrons. The van der Waals surface area contributed by atoms with Gasteiger partial charge in [-0.1, -0.05) is 12.1 Å². The molecule has 3 aromatic rings. The number of hydrogen-bond acceptors (Lipinski definition) is 5. The second-order valence-corrected chi connectivity index (χ2v) is 6.27. The Morgan fingerprint density at radius 1 is 1.35 bits per heavy atom. The highest BCUT2D eigenvalue weighted by Crippen LogP contribution is 2.21. The van der Waals surface area contributed by atoms with Gasteiger partial charge in [-0.15, -0.1) is 11.3 Å². The molecule has 0 aliphatic rings. The SMILES string of the molecule is Cc1ccc2c(C)c(CCC(=O)Nc3nccs3)c(=O)oc2c1. The van der Waals surface area contributed by atoms with Gasteiger partial charge in [0.25, 0.3) is 0 Å². The molecule has 3 rings (SSSR count). The number of carbonyl (C=O) groups is 1. The van der Waals surface area contributed by atoms with Crippen LogP contribution in [0.25, 0.3) is 11.0 Å². The first kappa shape index (κ1) is 15.4. The van der Waals surface area contributed by atoms with Gasteiger partial charge in [-0.05, 0) is 37.5 Å². The van der Waals surface area contributed by atoms with Gasteiger partial charge in [-0.3, -0.25) is 4.79 Å². The Morgan fingerprint density at radius 2 is 2.17 bits per heavy atom. The number of hydrogen-bond donors (Lipinski definition) is 1. The highest BCUT2D eigenvalue weighted by molar-refractivity contribution is 7.13. The van der Waals surface area contributed by atoms with Gasteiger partial charge < -0.3 is 9.73 Å².